The van der Waals surface area contributed by atoms with Gasteiger partial charge in [-0.3, -0.25) is 9.59 Å². The molecule has 1 N–H and O–H groups in total. The fourth-order valence-electron chi connectivity index (χ4n) is 3.21. The summed E-state index contributed by atoms with van der Waals surface area (Å²) in [6, 6.07) is 7.62. The van der Waals surface area contributed by atoms with Gasteiger partial charge in [-0.1, -0.05) is 19.1 Å². The Kier molecular flexibility index (Phi) is 7.06. The van der Waals surface area contributed by atoms with Crippen LogP contribution >= 0.6 is 0 Å². The number of rotatable bonds is 8. The zero-order valence-corrected chi connectivity index (χ0v) is 17.6. The number of fused-ring (bicyclic) bond motifs is 1. The van der Waals surface area contributed by atoms with E-state index in [0.29, 0.717) is 43.3 Å². The quantitative estimate of drug-likeness (QED) is 0.676. The third-order valence-corrected chi connectivity index (χ3v) is 4.80. The first-order valence-electron chi connectivity index (χ1n) is 10.0. The summed E-state index contributed by atoms with van der Waals surface area (Å²) in [5, 5.41) is 2.76. The molecule has 158 valence electrons. The zero-order chi connectivity index (χ0) is 21.5. The van der Waals surface area contributed by atoms with Gasteiger partial charge >= 0.3 is 0 Å². The van der Waals surface area contributed by atoms with E-state index in [1.807, 2.05) is 31.2 Å². The Morgan fingerprint density at radius 3 is 2.93 bits per heavy atom. The first kappa shape index (κ1) is 21.4. The molecule has 0 atom stereocenters. The Balaban J connectivity index is 1.69. The van der Waals surface area contributed by atoms with E-state index < -0.39 is 0 Å². The van der Waals surface area contributed by atoms with Crippen molar-refractivity contribution in [1.82, 2.24) is 9.88 Å². The molecular weight excluding hydrogens is 382 g/mol. The van der Waals surface area contributed by atoms with Crippen molar-refractivity contribution in [3.05, 3.63) is 53.2 Å². The van der Waals surface area contributed by atoms with Gasteiger partial charge in [0, 0.05) is 37.8 Å². The smallest absolute Gasteiger partial charge is 0.246 e. The van der Waals surface area contributed by atoms with Crippen molar-refractivity contribution in [3.8, 4) is 11.5 Å². The molecule has 0 bridgehead atoms. The van der Waals surface area contributed by atoms with Gasteiger partial charge in [0.2, 0.25) is 11.8 Å². The average Bonchev–Trinajstić information content (AvgIpc) is 2.76. The number of para-hydroxylation sites is 1. The van der Waals surface area contributed by atoms with Crippen LogP contribution in [0.1, 0.15) is 36.5 Å². The van der Waals surface area contributed by atoms with Gasteiger partial charge in [-0.05, 0) is 42.2 Å². The molecule has 0 unspecified atom stereocenters. The molecule has 7 heteroatoms. The minimum Gasteiger partial charge on any atom is -0.493 e. The molecule has 0 fully saturated rings. The highest BCUT2D eigenvalue weighted by atomic mass is 16.5. The van der Waals surface area contributed by atoms with Gasteiger partial charge in [0.05, 0.1) is 13.7 Å². The first-order chi connectivity index (χ1) is 14.5. The molecule has 0 aliphatic carbocycles. The number of hydrogen-bond acceptors (Lipinski definition) is 5. The number of aryl methyl sites for hydroxylation is 1. The minimum absolute atomic E-state index is 0.0186. The average molecular weight is 409 g/mol. The number of amides is 2. The summed E-state index contributed by atoms with van der Waals surface area (Å²) >= 11 is 0. The molecule has 2 heterocycles. The van der Waals surface area contributed by atoms with Crippen LogP contribution in [0.5, 0.6) is 11.5 Å². The maximum absolute atomic E-state index is 12.6. The largest absolute Gasteiger partial charge is 0.493 e. The second-order valence-corrected chi connectivity index (χ2v) is 7.15. The maximum Gasteiger partial charge on any atom is 0.246 e. The highest BCUT2D eigenvalue weighted by Gasteiger charge is 2.16. The van der Waals surface area contributed by atoms with Gasteiger partial charge in [-0.15, -0.1) is 0 Å². The van der Waals surface area contributed by atoms with Crippen LogP contribution in [0.25, 0.3) is 6.08 Å². The van der Waals surface area contributed by atoms with Crippen molar-refractivity contribution in [2.24, 2.45) is 0 Å². The van der Waals surface area contributed by atoms with E-state index in [2.05, 4.69) is 10.3 Å². The summed E-state index contributed by atoms with van der Waals surface area (Å²) in [6.07, 6.45) is 6.90. The second kappa shape index (κ2) is 9.91. The first-order valence-corrected chi connectivity index (χ1v) is 10.0. The molecule has 3 rings (SSSR count). The number of methoxy groups -OCH3 is 1. The summed E-state index contributed by atoms with van der Waals surface area (Å²) < 4.78 is 11.3. The van der Waals surface area contributed by atoms with Crippen LogP contribution in [-0.4, -0.2) is 42.5 Å². The molecule has 0 radical (unpaired) electrons. The Labute approximate surface area is 176 Å². The van der Waals surface area contributed by atoms with E-state index in [1.54, 1.807) is 31.3 Å². The fourth-order valence-corrected chi connectivity index (χ4v) is 3.21. The van der Waals surface area contributed by atoms with Crippen molar-refractivity contribution in [2.75, 3.05) is 26.1 Å². The molecule has 2 aromatic rings. The fraction of sp³-hybridized carbons (Fsp3) is 0.348. The van der Waals surface area contributed by atoms with Crippen LogP contribution in [0.3, 0.4) is 0 Å². The highest BCUT2D eigenvalue weighted by molar-refractivity contribution is 5.93. The predicted octanol–water partition coefficient (Wildman–Crippen LogP) is 3.44. The molecular formula is C23H27N3O4. The van der Waals surface area contributed by atoms with Crippen LogP contribution in [0.2, 0.25) is 0 Å². The predicted molar refractivity (Wildman–Crippen MR) is 115 cm³/mol. The van der Waals surface area contributed by atoms with Crippen LogP contribution in [0.15, 0.2) is 36.5 Å². The number of nitrogens with zero attached hydrogens (tertiary/aromatic N) is 2. The Morgan fingerprint density at radius 2 is 2.17 bits per heavy atom. The normalized spacial score (nSPS) is 13.0. The van der Waals surface area contributed by atoms with Crippen molar-refractivity contribution in [2.45, 2.75) is 32.7 Å². The third kappa shape index (κ3) is 5.17. The van der Waals surface area contributed by atoms with Crippen molar-refractivity contribution in [1.29, 1.82) is 0 Å². The van der Waals surface area contributed by atoms with Crippen LogP contribution < -0.4 is 14.8 Å². The van der Waals surface area contributed by atoms with Crippen LogP contribution in [0, 0.1) is 0 Å². The number of carbonyl (C=O) groups excluding carboxylic acids is 2. The van der Waals surface area contributed by atoms with E-state index in [4.69, 9.17) is 9.47 Å². The summed E-state index contributed by atoms with van der Waals surface area (Å²) in [4.78, 5) is 30.0. The second-order valence-electron chi connectivity index (χ2n) is 7.15. The Bertz CT molecular complexity index is 955. The lowest BCUT2D eigenvalue weighted by Gasteiger charge is -2.19. The van der Waals surface area contributed by atoms with E-state index in [1.165, 1.54) is 6.08 Å². The number of ether oxygens (including phenoxy) is 2. The van der Waals surface area contributed by atoms with Crippen molar-refractivity contribution in [3.63, 3.8) is 0 Å². The van der Waals surface area contributed by atoms with Gasteiger partial charge in [0.1, 0.15) is 5.82 Å². The van der Waals surface area contributed by atoms with Gasteiger partial charge in [-0.2, -0.15) is 0 Å². The summed E-state index contributed by atoms with van der Waals surface area (Å²) in [6.45, 7) is 3.02. The molecule has 1 aromatic carbocycles. The van der Waals surface area contributed by atoms with E-state index in [9.17, 15) is 9.59 Å². The molecule has 30 heavy (non-hydrogen) atoms. The highest BCUT2D eigenvalue weighted by Crippen LogP contribution is 2.32. The molecule has 1 aliphatic rings. The van der Waals surface area contributed by atoms with Crippen LogP contribution in [-0.2, 0) is 22.6 Å². The van der Waals surface area contributed by atoms with Gasteiger partial charge < -0.3 is 19.7 Å². The Morgan fingerprint density at radius 1 is 1.33 bits per heavy atom. The van der Waals surface area contributed by atoms with Gasteiger partial charge in [0.15, 0.2) is 11.5 Å². The molecule has 2 amide bonds. The number of anilines is 1. The minimum atomic E-state index is -0.134. The number of benzene rings is 1. The number of aromatic nitrogens is 1. The Hall–Kier alpha value is -3.35. The lowest BCUT2D eigenvalue weighted by molar-refractivity contribution is -0.125. The van der Waals surface area contributed by atoms with Crippen molar-refractivity contribution < 1.29 is 19.1 Å². The SMILES string of the molecule is CCCOc1c(CN(C)C(=O)C=Cc2cnc3c(c2)CCC(=O)N3)cccc1OC. The van der Waals surface area contributed by atoms with E-state index in [-0.39, 0.29) is 11.8 Å². The molecule has 0 saturated carbocycles. The molecule has 1 aromatic heterocycles. The zero-order valence-electron chi connectivity index (χ0n) is 17.6. The van der Waals surface area contributed by atoms with Gasteiger partial charge in [0.25, 0.3) is 0 Å². The van der Waals surface area contributed by atoms with E-state index >= 15 is 0 Å². The number of likely N-dealkylation sites (N-methyl/N-ethyl adjacent to an activating group) is 1. The number of nitrogens with one attached hydrogen (secondary N) is 1. The van der Waals surface area contributed by atoms with E-state index in [0.717, 1.165) is 23.1 Å². The standard InChI is InChI=1S/C23H27N3O4/c1-4-12-30-22-18(6-5-7-19(22)29-3)15-26(2)21(28)11-8-16-13-17-9-10-20(27)25-23(17)24-14-16/h5-8,11,13-14H,4,9-10,12,15H2,1-3H3,(H,24,25,27). The summed E-state index contributed by atoms with van der Waals surface area (Å²) in [5.41, 5.74) is 2.69. The molecule has 0 saturated heterocycles. The molecule has 1 aliphatic heterocycles. The van der Waals surface area contributed by atoms with Crippen molar-refractivity contribution >= 4 is 23.7 Å². The van der Waals surface area contributed by atoms with Crippen LogP contribution in [0.4, 0.5) is 5.82 Å². The van der Waals surface area contributed by atoms with Gasteiger partial charge in [-0.25, -0.2) is 4.98 Å². The lowest BCUT2D eigenvalue weighted by Crippen LogP contribution is -2.24. The molecule has 7 nitrogen and oxygen atoms in total. The molecule has 0 spiro atoms. The number of pyridine rings is 1. The number of hydrogen-bond donors (Lipinski definition) is 1. The summed E-state index contributed by atoms with van der Waals surface area (Å²) in [5.74, 6) is 1.78. The third-order valence-electron chi connectivity index (χ3n) is 4.80. The topological polar surface area (TPSA) is 80.8 Å². The number of carbonyl (C=O) groups is 2. The monoisotopic (exact) mass is 409 g/mol. The maximum atomic E-state index is 12.6. The lowest BCUT2D eigenvalue weighted by atomic mass is 10.0. The summed E-state index contributed by atoms with van der Waals surface area (Å²) in [7, 11) is 3.35.